The molecule has 0 aromatic heterocycles. The summed E-state index contributed by atoms with van der Waals surface area (Å²) >= 11 is 0. The van der Waals surface area contributed by atoms with E-state index in [0.29, 0.717) is 0 Å². The van der Waals surface area contributed by atoms with E-state index < -0.39 is 0 Å². The quantitative estimate of drug-likeness (QED) is 0.498. The summed E-state index contributed by atoms with van der Waals surface area (Å²) in [5.41, 5.74) is 4.19. The van der Waals surface area contributed by atoms with Crippen molar-refractivity contribution in [2.24, 2.45) is 10.3 Å². The Labute approximate surface area is 73.9 Å². The lowest BCUT2D eigenvalue weighted by molar-refractivity contribution is 0.598. The number of hydrogen-bond donors (Lipinski definition) is 1. The first-order chi connectivity index (χ1) is 5.93. The first-order valence-corrected chi connectivity index (χ1v) is 4.67. The number of nitrogens with zero attached hydrogens (tertiary/aromatic N) is 2. The lowest BCUT2D eigenvalue weighted by atomic mass is 10.0. The Bertz CT molecular complexity index is 173. The van der Waals surface area contributed by atoms with Gasteiger partial charge >= 0.3 is 0 Å². The Hall–Kier alpha value is -0.860. The topological polar surface area (TPSA) is 36.8 Å². The highest BCUT2D eigenvalue weighted by Crippen LogP contribution is 2.14. The molecule has 0 heterocycles. The van der Waals surface area contributed by atoms with Crippen LogP contribution in [0.15, 0.2) is 22.1 Å². The minimum Gasteiger partial charge on any atom is -0.265 e. The van der Waals surface area contributed by atoms with Crippen LogP contribution in [0.1, 0.15) is 38.5 Å². The fraction of sp³-hybridized carbons (Fsp3) is 0.778. The van der Waals surface area contributed by atoms with Crippen molar-refractivity contribution in [2.45, 2.75) is 38.5 Å². The van der Waals surface area contributed by atoms with Gasteiger partial charge in [-0.25, -0.2) is 0 Å². The van der Waals surface area contributed by atoms with Gasteiger partial charge in [-0.15, -0.1) is 0 Å². The van der Waals surface area contributed by atoms with Gasteiger partial charge in [0, 0.05) is 5.70 Å². The molecule has 1 aliphatic carbocycles. The van der Waals surface area contributed by atoms with Crippen LogP contribution in [0, 0.1) is 0 Å². The molecule has 0 spiro atoms. The zero-order valence-electron chi connectivity index (χ0n) is 7.71. The average molecular weight is 167 g/mol. The van der Waals surface area contributed by atoms with Crippen molar-refractivity contribution in [1.29, 1.82) is 0 Å². The van der Waals surface area contributed by atoms with E-state index in [1.165, 1.54) is 37.8 Å². The molecule has 0 radical (unpaired) electrons. The summed E-state index contributed by atoms with van der Waals surface area (Å²) in [6, 6.07) is 0. The maximum Gasteiger partial charge on any atom is 0.0509 e. The van der Waals surface area contributed by atoms with Gasteiger partial charge in [0.1, 0.15) is 0 Å². The Morgan fingerprint density at radius 3 is 2.92 bits per heavy atom. The van der Waals surface area contributed by atoms with Crippen LogP contribution >= 0.6 is 0 Å². The van der Waals surface area contributed by atoms with Crippen LogP contribution in [0.5, 0.6) is 0 Å². The smallest absolute Gasteiger partial charge is 0.0509 e. The van der Waals surface area contributed by atoms with Crippen molar-refractivity contribution in [3.63, 3.8) is 0 Å². The molecule has 0 aromatic rings. The third-order valence-corrected chi connectivity index (χ3v) is 2.08. The van der Waals surface area contributed by atoms with Crippen molar-refractivity contribution in [3.8, 4) is 0 Å². The highest BCUT2D eigenvalue weighted by Gasteiger charge is 1.99. The van der Waals surface area contributed by atoms with Gasteiger partial charge in [-0.2, -0.15) is 5.11 Å². The summed E-state index contributed by atoms with van der Waals surface area (Å²) < 4.78 is 0. The molecule has 68 valence electrons. The van der Waals surface area contributed by atoms with E-state index in [0.717, 1.165) is 6.42 Å². The molecule has 12 heavy (non-hydrogen) atoms. The van der Waals surface area contributed by atoms with E-state index in [2.05, 4.69) is 21.8 Å². The molecule has 0 fully saturated rings. The van der Waals surface area contributed by atoms with E-state index in [4.69, 9.17) is 0 Å². The van der Waals surface area contributed by atoms with Crippen molar-refractivity contribution >= 4 is 0 Å². The Morgan fingerprint density at radius 2 is 2.08 bits per heavy atom. The third-order valence-electron chi connectivity index (χ3n) is 2.08. The zero-order valence-corrected chi connectivity index (χ0v) is 7.71. The van der Waals surface area contributed by atoms with Gasteiger partial charge in [-0.1, -0.05) is 24.1 Å². The average Bonchev–Trinajstić information content (AvgIpc) is 2.02. The highest BCUT2D eigenvalue weighted by atomic mass is 15.4. The number of allylic oxidation sites excluding steroid dienone is 2. The summed E-state index contributed by atoms with van der Waals surface area (Å²) in [5, 5.41) is 7.43. The second-order valence-electron chi connectivity index (χ2n) is 3.09. The summed E-state index contributed by atoms with van der Waals surface area (Å²) in [6.07, 6.45) is 9.86. The minimum absolute atomic E-state index is 1.12. The maximum absolute atomic E-state index is 3.77. The summed E-state index contributed by atoms with van der Waals surface area (Å²) in [5.74, 6) is 0. The van der Waals surface area contributed by atoms with Crippen LogP contribution in [0.3, 0.4) is 0 Å². The van der Waals surface area contributed by atoms with Gasteiger partial charge in [0.15, 0.2) is 0 Å². The molecule has 0 unspecified atom stereocenters. The second-order valence-corrected chi connectivity index (χ2v) is 3.09. The molecule has 1 N–H and O–H groups in total. The summed E-state index contributed by atoms with van der Waals surface area (Å²) in [7, 11) is 1.68. The van der Waals surface area contributed by atoms with Crippen LogP contribution in [-0.2, 0) is 0 Å². The minimum atomic E-state index is 1.12. The van der Waals surface area contributed by atoms with Gasteiger partial charge in [0.2, 0.25) is 0 Å². The molecular weight excluding hydrogens is 150 g/mol. The second kappa shape index (κ2) is 5.75. The molecule has 3 heteroatoms. The van der Waals surface area contributed by atoms with Gasteiger partial charge in [-0.05, 0) is 25.7 Å². The van der Waals surface area contributed by atoms with E-state index in [-0.39, 0.29) is 0 Å². The van der Waals surface area contributed by atoms with Crippen molar-refractivity contribution in [1.82, 2.24) is 5.43 Å². The molecule has 0 saturated carbocycles. The number of hydrogen-bond acceptors (Lipinski definition) is 2. The lowest BCUT2D eigenvalue weighted by Gasteiger charge is -2.09. The van der Waals surface area contributed by atoms with Crippen LogP contribution < -0.4 is 5.43 Å². The lowest BCUT2D eigenvalue weighted by Crippen LogP contribution is -2.05. The van der Waals surface area contributed by atoms with Gasteiger partial charge in [0.05, 0.1) is 7.05 Å². The van der Waals surface area contributed by atoms with Crippen molar-refractivity contribution < 1.29 is 0 Å². The molecule has 0 bridgehead atoms. The predicted octanol–water partition coefficient (Wildman–Crippen LogP) is 2.81. The van der Waals surface area contributed by atoms with Gasteiger partial charge in [-0.3, -0.25) is 5.43 Å². The van der Waals surface area contributed by atoms with E-state index in [1.807, 2.05) is 0 Å². The Kier molecular flexibility index (Phi) is 4.42. The van der Waals surface area contributed by atoms with Crippen LogP contribution in [0.25, 0.3) is 0 Å². The number of nitrogens with one attached hydrogen (secondary N) is 1. The molecular formula is C9H17N3. The molecule has 0 aromatic carbocycles. The fourth-order valence-electron chi connectivity index (χ4n) is 1.41. The van der Waals surface area contributed by atoms with E-state index >= 15 is 0 Å². The fourth-order valence-corrected chi connectivity index (χ4v) is 1.41. The van der Waals surface area contributed by atoms with Crippen molar-refractivity contribution in [2.75, 3.05) is 7.05 Å². The largest absolute Gasteiger partial charge is 0.265 e. The van der Waals surface area contributed by atoms with Crippen LogP contribution in [-0.4, -0.2) is 7.05 Å². The molecule has 1 rings (SSSR count). The Morgan fingerprint density at radius 1 is 1.25 bits per heavy atom. The molecule has 0 aliphatic heterocycles. The maximum atomic E-state index is 3.77. The molecule has 3 nitrogen and oxygen atoms in total. The first-order valence-electron chi connectivity index (χ1n) is 4.67. The predicted molar refractivity (Wildman–Crippen MR) is 49.7 cm³/mol. The van der Waals surface area contributed by atoms with Gasteiger partial charge < -0.3 is 0 Å². The van der Waals surface area contributed by atoms with E-state index in [9.17, 15) is 0 Å². The van der Waals surface area contributed by atoms with Crippen LogP contribution in [0.4, 0.5) is 0 Å². The molecule has 0 atom stereocenters. The normalized spacial score (nSPS) is 19.9. The zero-order chi connectivity index (χ0) is 8.65. The van der Waals surface area contributed by atoms with Crippen molar-refractivity contribution in [3.05, 3.63) is 11.8 Å². The Balaban J connectivity index is 2.36. The highest BCUT2D eigenvalue weighted by molar-refractivity contribution is 4.99. The molecule has 0 amide bonds. The SMILES string of the molecule is CN=NNC1=CCCCCCC1. The summed E-state index contributed by atoms with van der Waals surface area (Å²) in [6.45, 7) is 0. The summed E-state index contributed by atoms with van der Waals surface area (Å²) in [4.78, 5) is 0. The molecule has 1 aliphatic rings. The van der Waals surface area contributed by atoms with Crippen LogP contribution in [0.2, 0.25) is 0 Å². The van der Waals surface area contributed by atoms with Gasteiger partial charge in [0.25, 0.3) is 0 Å². The van der Waals surface area contributed by atoms with E-state index in [1.54, 1.807) is 7.05 Å². The third kappa shape index (κ3) is 3.51. The monoisotopic (exact) mass is 167 g/mol. The molecule has 0 saturated heterocycles. The first kappa shape index (κ1) is 9.23. The number of rotatable bonds is 2. The standard InChI is InChI=1S/C9H17N3/c1-10-12-11-9-7-5-3-2-4-6-8-9/h7H,2-6,8H2,1H3,(H,10,11).